The van der Waals surface area contributed by atoms with Gasteiger partial charge < -0.3 is 10.7 Å². The Kier molecular flexibility index (Phi) is 6.53. The van der Waals surface area contributed by atoms with Gasteiger partial charge in [-0.15, -0.1) is 0 Å². The van der Waals surface area contributed by atoms with Crippen LogP contribution in [0.1, 0.15) is 76.6 Å². The van der Waals surface area contributed by atoms with Gasteiger partial charge in [0.1, 0.15) is 5.82 Å². The Bertz CT molecular complexity index is 805. The fourth-order valence-corrected chi connectivity index (χ4v) is 4.14. The lowest BCUT2D eigenvalue weighted by Gasteiger charge is -2.29. The highest BCUT2D eigenvalue weighted by molar-refractivity contribution is 5.86. The summed E-state index contributed by atoms with van der Waals surface area (Å²) in [6.07, 6.45) is 11.5. The van der Waals surface area contributed by atoms with Gasteiger partial charge in [0.05, 0.1) is 5.69 Å². The van der Waals surface area contributed by atoms with Crippen molar-refractivity contribution >= 4 is 12.0 Å². The van der Waals surface area contributed by atoms with Crippen molar-refractivity contribution < 1.29 is 0 Å². The second kappa shape index (κ2) is 8.89. The number of aromatic nitrogens is 3. The van der Waals surface area contributed by atoms with Crippen molar-refractivity contribution in [1.29, 1.82) is 5.41 Å². The van der Waals surface area contributed by atoms with Crippen LogP contribution in [-0.4, -0.2) is 27.9 Å². The average Bonchev–Trinajstić information content (AvgIpc) is 3.09. The molecule has 0 amide bonds. The number of H-pyrrole nitrogens is 1. The molecule has 3 N–H and O–H groups in total. The Morgan fingerprint density at radius 3 is 2.89 bits per heavy atom. The average molecular weight is 382 g/mol. The van der Waals surface area contributed by atoms with Gasteiger partial charge in [0.25, 0.3) is 0 Å². The highest BCUT2D eigenvalue weighted by Gasteiger charge is 2.29. The number of nitrogens with one attached hydrogen (secondary N) is 3. The Balaban J connectivity index is 1.77. The van der Waals surface area contributed by atoms with Crippen molar-refractivity contribution in [2.75, 3.05) is 11.9 Å². The molecule has 0 saturated heterocycles. The molecule has 1 atom stereocenters. The Labute approximate surface area is 169 Å². The lowest BCUT2D eigenvalue weighted by atomic mass is 9.76. The zero-order valence-electron chi connectivity index (χ0n) is 17.9. The SMILES string of the molecule is CCCCC(CC)CNc1ncc(-c2n[nH]c3c2CCC(C)(C)C3)cc1C=N. The van der Waals surface area contributed by atoms with E-state index in [1.807, 2.05) is 12.3 Å². The van der Waals surface area contributed by atoms with Crippen molar-refractivity contribution in [3.05, 3.63) is 29.1 Å². The number of hydrogen-bond acceptors (Lipinski definition) is 4. The normalized spacial score (nSPS) is 16.4. The number of rotatable bonds is 9. The maximum Gasteiger partial charge on any atom is 0.134 e. The molecule has 1 aliphatic rings. The molecule has 0 radical (unpaired) electrons. The van der Waals surface area contributed by atoms with Gasteiger partial charge in [0.2, 0.25) is 0 Å². The number of anilines is 1. The second-order valence-electron chi connectivity index (χ2n) is 8.97. The van der Waals surface area contributed by atoms with Crippen molar-refractivity contribution in [2.45, 2.75) is 72.6 Å². The van der Waals surface area contributed by atoms with Crippen LogP contribution in [-0.2, 0) is 12.8 Å². The first-order valence-corrected chi connectivity index (χ1v) is 10.8. The van der Waals surface area contributed by atoms with E-state index in [1.165, 1.54) is 49.6 Å². The smallest absolute Gasteiger partial charge is 0.134 e. The maximum atomic E-state index is 7.86. The number of hydrogen-bond donors (Lipinski definition) is 3. The Morgan fingerprint density at radius 1 is 1.36 bits per heavy atom. The third-order valence-corrected chi connectivity index (χ3v) is 6.11. The lowest BCUT2D eigenvalue weighted by Crippen LogP contribution is -2.21. The van der Waals surface area contributed by atoms with Crippen molar-refractivity contribution in [1.82, 2.24) is 15.2 Å². The van der Waals surface area contributed by atoms with E-state index in [0.717, 1.165) is 42.0 Å². The molecule has 0 saturated carbocycles. The quantitative estimate of drug-likeness (QED) is 0.494. The van der Waals surface area contributed by atoms with Crippen LogP contribution in [0, 0.1) is 16.7 Å². The molecule has 152 valence electrons. The topological polar surface area (TPSA) is 77.5 Å². The minimum absolute atomic E-state index is 0.330. The summed E-state index contributed by atoms with van der Waals surface area (Å²) in [5, 5.41) is 19.2. The van der Waals surface area contributed by atoms with Crippen LogP contribution in [0.4, 0.5) is 5.82 Å². The molecule has 1 unspecified atom stereocenters. The van der Waals surface area contributed by atoms with Crippen molar-refractivity contribution in [2.24, 2.45) is 11.3 Å². The standard InChI is InChI=1S/C23H35N5/c1-5-7-8-16(6-2)14-25-22-17(13-24)11-18(15-26-22)21-19-9-10-23(3,4)12-20(19)27-28-21/h11,13,15-16,24H,5-10,12,14H2,1-4H3,(H,25,26)(H,27,28). The van der Waals surface area contributed by atoms with Crippen molar-refractivity contribution in [3.63, 3.8) is 0 Å². The maximum absolute atomic E-state index is 7.86. The molecule has 5 nitrogen and oxygen atoms in total. The van der Waals surface area contributed by atoms with E-state index in [-0.39, 0.29) is 0 Å². The van der Waals surface area contributed by atoms with Gasteiger partial charge in [-0.1, -0.05) is 47.0 Å². The molecule has 28 heavy (non-hydrogen) atoms. The predicted molar refractivity (Wildman–Crippen MR) is 117 cm³/mol. The summed E-state index contributed by atoms with van der Waals surface area (Å²) in [7, 11) is 0. The third kappa shape index (κ3) is 4.62. The Hall–Kier alpha value is -2.17. The molecular weight excluding hydrogens is 346 g/mol. The van der Waals surface area contributed by atoms with E-state index in [4.69, 9.17) is 5.41 Å². The van der Waals surface area contributed by atoms with Crippen molar-refractivity contribution in [3.8, 4) is 11.3 Å². The molecule has 1 aliphatic carbocycles. The summed E-state index contributed by atoms with van der Waals surface area (Å²) >= 11 is 0. The minimum Gasteiger partial charge on any atom is -0.369 e. The summed E-state index contributed by atoms with van der Waals surface area (Å²) in [6.45, 7) is 10.0. The molecule has 0 aliphatic heterocycles. The minimum atomic E-state index is 0.330. The van der Waals surface area contributed by atoms with Crippen LogP contribution in [0.3, 0.4) is 0 Å². The number of pyridine rings is 1. The van der Waals surface area contributed by atoms with E-state index in [9.17, 15) is 0 Å². The second-order valence-corrected chi connectivity index (χ2v) is 8.97. The largest absolute Gasteiger partial charge is 0.369 e. The first-order chi connectivity index (χ1) is 13.5. The van der Waals surface area contributed by atoms with E-state index in [1.54, 1.807) is 0 Å². The summed E-state index contributed by atoms with van der Waals surface area (Å²) in [5.41, 5.74) is 5.74. The van der Waals surface area contributed by atoms with Gasteiger partial charge in [0, 0.05) is 41.3 Å². The number of fused-ring (bicyclic) bond motifs is 1. The van der Waals surface area contributed by atoms with Gasteiger partial charge in [-0.05, 0) is 43.1 Å². The molecule has 0 fully saturated rings. The predicted octanol–water partition coefficient (Wildman–Crippen LogP) is 5.61. The molecule has 0 bridgehead atoms. The number of unbranched alkanes of at least 4 members (excludes halogenated alkanes) is 1. The zero-order valence-corrected chi connectivity index (χ0v) is 17.9. The molecule has 2 aromatic rings. The monoisotopic (exact) mass is 381 g/mol. The van der Waals surface area contributed by atoms with Crippen LogP contribution in [0.5, 0.6) is 0 Å². The fraction of sp³-hybridized carbons (Fsp3) is 0.609. The summed E-state index contributed by atoms with van der Waals surface area (Å²) < 4.78 is 0. The van der Waals surface area contributed by atoms with Gasteiger partial charge >= 0.3 is 0 Å². The fourth-order valence-electron chi connectivity index (χ4n) is 4.14. The molecule has 5 heteroatoms. The highest BCUT2D eigenvalue weighted by Crippen LogP contribution is 2.38. The van der Waals surface area contributed by atoms with E-state index in [2.05, 4.69) is 48.2 Å². The lowest BCUT2D eigenvalue weighted by molar-refractivity contribution is 0.312. The van der Waals surface area contributed by atoms with Crippen LogP contribution < -0.4 is 5.32 Å². The molecule has 3 rings (SSSR count). The van der Waals surface area contributed by atoms with Crippen LogP contribution in [0.25, 0.3) is 11.3 Å². The van der Waals surface area contributed by atoms with Gasteiger partial charge in [-0.25, -0.2) is 4.98 Å². The molecule has 0 spiro atoms. The summed E-state index contributed by atoms with van der Waals surface area (Å²) in [6, 6.07) is 2.05. The highest BCUT2D eigenvalue weighted by atomic mass is 15.1. The summed E-state index contributed by atoms with van der Waals surface area (Å²) in [4.78, 5) is 4.65. The number of nitrogens with zero attached hydrogens (tertiary/aromatic N) is 2. The molecule has 0 aromatic carbocycles. The van der Waals surface area contributed by atoms with E-state index < -0.39 is 0 Å². The number of aromatic amines is 1. The van der Waals surface area contributed by atoms with Gasteiger partial charge in [-0.3, -0.25) is 5.10 Å². The third-order valence-electron chi connectivity index (χ3n) is 6.11. The first-order valence-electron chi connectivity index (χ1n) is 10.8. The summed E-state index contributed by atoms with van der Waals surface area (Å²) in [5.74, 6) is 1.46. The van der Waals surface area contributed by atoms with E-state index >= 15 is 0 Å². The zero-order chi connectivity index (χ0) is 20.1. The Morgan fingerprint density at radius 2 is 2.18 bits per heavy atom. The van der Waals surface area contributed by atoms with E-state index in [0.29, 0.717) is 11.3 Å². The first kappa shape index (κ1) is 20.6. The van der Waals surface area contributed by atoms with Crippen LogP contribution >= 0.6 is 0 Å². The molecule has 2 heterocycles. The molecular formula is C23H35N5. The van der Waals surface area contributed by atoms with Gasteiger partial charge in [0.15, 0.2) is 0 Å². The van der Waals surface area contributed by atoms with Crippen LogP contribution in [0.15, 0.2) is 12.3 Å². The van der Waals surface area contributed by atoms with Gasteiger partial charge in [-0.2, -0.15) is 5.10 Å². The van der Waals surface area contributed by atoms with Crippen LogP contribution in [0.2, 0.25) is 0 Å². The molecule has 2 aromatic heterocycles.